The number of alkyl halides is 1. The molecule has 1 fully saturated rings. The fourth-order valence-electron chi connectivity index (χ4n) is 3.10. The molecule has 4 heteroatoms. The molecule has 2 heterocycles. The molecule has 2 nitrogen and oxygen atoms in total. The quantitative estimate of drug-likeness (QED) is 0.722. The summed E-state index contributed by atoms with van der Waals surface area (Å²) in [6, 6.07) is 0.427. The zero-order valence-electron chi connectivity index (χ0n) is 13.2. The van der Waals surface area contributed by atoms with Crippen LogP contribution in [0.15, 0.2) is 5.38 Å². The summed E-state index contributed by atoms with van der Waals surface area (Å²) in [5.41, 5.74) is 1.45. The van der Waals surface area contributed by atoms with Gasteiger partial charge < -0.3 is 0 Å². The smallest absolute Gasteiger partial charge is 0.110 e. The van der Waals surface area contributed by atoms with Crippen LogP contribution in [-0.2, 0) is 5.88 Å². The van der Waals surface area contributed by atoms with Crippen molar-refractivity contribution < 1.29 is 0 Å². The number of hydrogen-bond donors (Lipinski definition) is 0. The van der Waals surface area contributed by atoms with Gasteiger partial charge in [-0.2, -0.15) is 0 Å². The van der Waals surface area contributed by atoms with Gasteiger partial charge in [0.15, 0.2) is 0 Å². The maximum Gasteiger partial charge on any atom is 0.110 e. The summed E-state index contributed by atoms with van der Waals surface area (Å²) >= 11 is 7.61. The SMILES string of the molecule is CC(c1nc(CCl)cs1)N1CCCC(C(C)(C)C)CC1. The number of likely N-dealkylation sites (tertiary alicyclic amines) is 1. The summed E-state index contributed by atoms with van der Waals surface area (Å²) in [4.78, 5) is 7.25. The number of rotatable bonds is 3. The van der Waals surface area contributed by atoms with Crippen molar-refractivity contribution in [3.8, 4) is 0 Å². The zero-order chi connectivity index (χ0) is 14.8. The Kier molecular flexibility index (Phi) is 5.49. The van der Waals surface area contributed by atoms with Crippen LogP contribution in [0.2, 0.25) is 0 Å². The second-order valence-corrected chi connectivity index (χ2v) is 8.17. The molecule has 2 rings (SSSR count). The van der Waals surface area contributed by atoms with E-state index in [0.717, 1.165) is 11.6 Å². The fourth-order valence-corrected chi connectivity index (χ4v) is 4.24. The van der Waals surface area contributed by atoms with E-state index in [2.05, 4.69) is 43.0 Å². The summed E-state index contributed by atoms with van der Waals surface area (Å²) in [6.07, 6.45) is 3.97. The monoisotopic (exact) mass is 314 g/mol. The Bertz CT molecular complexity index is 424. The highest BCUT2D eigenvalue weighted by Gasteiger charge is 2.29. The standard InChI is InChI=1S/C16H27ClN2S/c1-12(15-18-14(10-17)11-20-15)19-8-5-6-13(7-9-19)16(2,3)4/h11-13H,5-10H2,1-4H3. The number of thiazole rings is 1. The van der Waals surface area contributed by atoms with Crippen LogP contribution in [0.5, 0.6) is 0 Å². The van der Waals surface area contributed by atoms with E-state index in [1.165, 1.54) is 37.4 Å². The second-order valence-electron chi connectivity index (χ2n) is 7.02. The minimum atomic E-state index is 0.427. The zero-order valence-corrected chi connectivity index (χ0v) is 14.7. The highest BCUT2D eigenvalue weighted by atomic mass is 35.5. The van der Waals surface area contributed by atoms with E-state index in [1.807, 2.05) is 0 Å². The minimum absolute atomic E-state index is 0.427. The van der Waals surface area contributed by atoms with Crippen LogP contribution >= 0.6 is 22.9 Å². The molecule has 2 unspecified atom stereocenters. The Balaban J connectivity index is 1.99. The molecule has 0 aliphatic carbocycles. The molecular weight excluding hydrogens is 288 g/mol. The van der Waals surface area contributed by atoms with E-state index >= 15 is 0 Å². The third-order valence-corrected chi connectivity index (χ3v) is 5.94. The first kappa shape index (κ1) is 16.3. The lowest BCUT2D eigenvalue weighted by atomic mass is 9.77. The van der Waals surface area contributed by atoms with Crippen LogP contribution in [-0.4, -0.2) is 23.0 Å². The molecule has 0 saturated carbocycles. The van der Waals surface area contributed by atoms with Gasteiger partial charge in [0.05, 0.1) is 17.6 Å². The summed E-state index contributed by atoms with van der Waals surface area (Å²) in [5.74, 6) is 1.37. The van der Waals surface area contributed by atoms with E-state index in [4.69, 9.17) is 11.6 Å². The van der Waals surface area contributed by atoms with Crippen molar-refractivity contribution in [2.75, 3.05) is 13.1 Å². The first-order chi connectivity index (χ1) is 9.41. The van der Waals surface area contributed by atoms with Gasteiger partial charge in [0.25, 0.3) is 0 Å². The number of aromatic nitrogens is 1. The van der Waals surface area contributed by atoms with Crippen molar-refractivity contribution in [2.24, 2.45) is 11.3 Å². The Labute approximate surface area is 132 Å². The molecule has 1 saturated heterocycles. The topological polar surface area (TPSA) is 16.1 Å². The molecule has 0 amide bonds. The molecule has 0 radical (unpaired) electrons. The van der Waals surface area contributed by atoms with Crippen LogP contribution in [0.1, 0.15) is 63.7 Å². The molecule has 1 aliphatic heterocycles. The van der Waals surface area contributed by atoms with Crippen LogP contribution < -0.4 is 0 Å². The molecule has 0 spiro atoms. The summed E-state index contributed by atoms with van der Waals surface area (Å²) in [6.45, 7) is 11.8. The summed E-state index contributed by atoms with van der Waals surface area (Å²) in [7, 11) is 0. The van der Waals surface area contributed by atoms with Gasteiger partial charge in [0, 0.05) is 5.38 Å². The molecule has 114 valence electrons. The van der Waals surface area contributed by atoms with Gasteiger partial charge >= 0.3 is 0 Å². The lowest BCUT2D eigenvalue weighted by molar-refractivity contribution is 0.189. The third kappa shape index (κ3) is 3.96. The van der Waals surface area contributed by atoms with Crippen molar-refractivity contribution in [1.82, 2.24) is 9.88 Å². The Morgan fingerprint density at radius 1 is 1.40 bits per heavy atom. The van der Waals surface area contributed by atoms with E-state index in [9.17, 15) is 0 Å². The Morgan fingerprint density at radius 2 is 2.15 bits per heavy atom. The van der Waals surface area contributed by atoms with E-state index in [1.54, 1.807) is 11.3 Å². The third-order valence-electron chi connectivity index (χ3n) is 4.60. The molecule has 0 bridgehead atoms. The van der Waals surface area contributed by atoms with Gasteiger partial charge in [-0.25, -0.2) is 4.98 Å². The molecule has 0 aromatic carbocycles. The molecule has 1 aromatic rings. The van der Waals surface area contributed by atoms with Crippen molar-refractivity contribution in [3.63, 3.8) is 0 Å². The van der Waals surface area contributed by atoms with Crippen LogP contribution in [0.4, 0.5) is 0 Å². The van der Waals surface area contributed by atoms with Crippen molar-refractivity contribution in [2.45, 2.75) is 58.9 Å². The maximum absolute atomic E-state index is 5.86. The molecule has 0 N–H and O–H groups in total. The highest BCUT2D eigenvalue weighted by Crippen LogP contribution is 2.36. The van der Waals surface area contributed by atoms with Crippen molar-refractivity contribution >= 4 is 22.9 Å². The fraction of sp³-hybridized carbons (Fsp3) is 0.812. The van der Waals surface area contributed by atoms with Gasteiger partial charge in [-0.1, -0.05) is 20.8 Å². The average molecular weight is 315 g/mol. The average Bonchev–Trinajstić information content (AvgIpc) is 2.72. The molecule has 1 aliphatic rings. The summed E-state index contributed by atoms with van der Waals surface area (Å²) in [5, 5.41) is 3.31. The van der Waals surface area contributed by atoms with Crippen LogP contribution in [0, 0.1) is 11.3 Å². The van der Waals surface area contributed by atoms with Crippen molar-refractivity contribution in [3.05, 3.63) is 16.1 Å². The Morgan fingerprint density at radius 3 is 2.75 bits per heavy atom. The first-order valence-electron chi connectivity index (χ1n) is 7.66. The van der Waals surface area contributed by atoms with E-state index in [0.29, 0.717) is 17.3 Å². The molecule has 20 heavy (non-hydrogen) atoms. The van der Waals surface area contributed by atoms with E-state index < -0.39 is 0 Å². The maximum atomic E-state index is 5.86. The van der Waals surface area contributed by atoms with Gasteiger partial charge in [-0.15, -0.1) is 22.9 Å². The normalized spacial score (nSPS) is 23.6. The first-order valence-corrected chi connectivity index (χ1v) is 9.07. The van der Waals surface area contributed by atoms with Gasteiger partial charge in [0.2, 0.25) is 0 Å². The largest absolute Gasteiger partial charge is 0.294 e. The van der Waals surface area contributed by atoms with Gasteiger partial charge in [-0.3, -0.25) is 4.90 Å². The van der Waals surface area contributed by atoms with Crippen LogP contribution in [0.25, 0.3) is 0 Å². The van der Waals surface area contributed by atoms with Gasteiger partial charge in [-0.05, 0) is 50.6 Å². The molecule has 1 aromatic heterocycles. The molecule has 2 atom stereocenters. The van der Waals surface area contributed by atoms with E-state index in [-0.39, 0.29) is 0 Å². The predicted molar refractivity (Wildman–Crippen MR) is 88.5 cm³/mol. The number of halogens is 1. The Hall–Kier alpha value is -0.120. The summed E-state index contributed by atoms with van der Waals surface area (Å²) < 4.78 is 0. The number of hydrogen-bond acceptors (Lipinski definition) is 3. The lowest BCUT2D eigenvalue weighted by Crippen LogP contribution is -2.29. The van der Waals surface area contributed by atoms with Crippen molar-refractivity contribution in [1.29, 1.82) is 0 Å². The molecular formula is C16H27ClN2S. The predicted octanol–water partition coefficient (Wildman–Crippen LogP) is 5.09. The highest BCUT2D eigenvalue weighted by molar-refractivity contribution is 7.09. The second kappa shape index (κ2) is 6.76. The van der Waals surface area contributed by atoms with Crippen LogP contribution in [0.3, 0.4) is 0 Å². The number of nitrogens with zero attached hydrogens (tertiary/aromatic N) is 2. The van der Waals surface area contributed by atoms with Gasteiger partial charge in [0.1, 0.15) is 5.01 Å². The lowest BCUT2D eigenvalue weighted by Gasteiger charge is -2.30. The minimum Gasteiger partial charge on any atom is -0.294 e.